The summed E-state index contributed by atoms with van der Waals surface area (Å²) in [5, 5.41) is 6.71. The number of hydrogen-bond acceptors (Lipinski definition) is 4. The lowest BCUT2D eigenvalue weighted by molar-refractivity contribution is -0.122. The Morgan fingerprint density at radius 3 is 2.68 bits per heavy atom. The van der Waals surface area contributed by atoms with Gasteiger partial charge in [0.1, 0.15) is 23.9 Å². The SMILES string of the molecule is COc1ccccc1-c1ccc(=O)n(CC(=O)NCc2ccc(F)cc2F)n1. The van der Waals surface area contributed by atoms with Crippen molar-refractivity contribution in [3.63, 3.8) is 0 Å². The molecule has 0 aliphatic rings. The van der Waals surface area contributed by atoms with Gasteiger partial charge in [0, 0.05) is 29.8 Å². The molecule has 0 aliphatic carbocycles. The van der Waals surface area contributed by atoms with Crippen LogP contribution in [-0.2, 0) is 17.9 Å². The number of benzene rings is 2. The van der Waals surface area contributed by atoms with Crippen LogP contribution in [0.25, 0.3) is 11.3 Å². The molecule has 0 atom stereocenters. The van der Waals surface area contributed by atoms with Crippen LogP contribution in [0.15, 0.2) is 59.4 Å². The summed E-state index contributed by atoms with van der Waals surface area (Å²) in [6, 6.07) is 13.1. The molecule has 6 nitrogen and oxygen atoms in total. The second kappa shape index (κ2) is 8.43. The minimum atomic E-state index is -0.756. The van der Waals surface area contributed by atoms with Gasteiger partial charge in [0.15, 0.2) is 0 Å². The number of rotatable bonds is 6. The number of nitrogens with zero attached hydrogens (tertiary/aromatic N) is 2. The number of halogens is 2. The Morgan fingerprint density at radius 1 is 1.14 bits per heavy atom. The fourth-order valence-corrected chi connectivity index (χ4v) is 2.61. The van der Waals surface area contributed by atoms with Crippen molar-refractivity contribution in [3.05, 3.63) is 82.1 Å². The zero-order valence-electron chi connectivity index (χ0n) is 15.0. The Bertz CT molecular complexity index is 1070. The molecule has 0 saturated heterocycles. The molecule has 1 amide bonds. The average Bonchev–Trinajstić information content (AvgIpc) is 2.69. The van der Waals surface area contributed by atoms with Gasteiger partial charge < -0.3 is 10.1 Å². The zero-order valence-corrected chi connectivity index (χ0v) is 15.0. The number of para-hydroxylation sites is 1. The Labute approximate surface area is 159 Å². The van der Waals surface area contributed by atoms with Crippen LogP contribution in [-0.4, -0.2) is 22.8 Å². The molecule has 0 fully saturated rings. The minimum absolute atomic E-state index is 0.133. The number of carbonyl (C=O) groups excluding carboxylic acids is 1. The number of hydrogen-bond donors (Lipinski definition) is 1. The van der Waals surface area contributed by atoms with Gasteiger partial charge in [-0.3, -0.25) is 9.59 Å². The highest BCUT2D eigenvalue weighted by atomic mass is 19.1. The Hall–Kier alpha value is -3.55. The molecule has 1 heterocycles. The van der Waals surface area contributed by atoms with E-state index in [0.717, 1.165) is 16.8 Å². The van der Waals surface area contributed by atoms with Gasteiger partial charge in [0.25, 0.3) is 5.56 Å². The molecule has 8 heteroatoms. The highest BCUT2D eigenvalue weighted by Gasteiger charge is 2.11. The van der Waals surface area contributed by atoms with Gasteiger partial charge in [-0.2, -0.15) is 5.10 Å². The Kier molecular flexibility index (Phi) is 5.78. The van der Waals surface area contributed by atoms with E-state index in [2.05, 4.69) is 10.4 Å². The third-order valence-corrected chi connectivity index (χ3v) is 4.03. The highest BCUT2D eigenvalue weighted by Crippen LogP contribution is 2.27. The van der Waals surface area contributed by atoms with Gasteiger partial charge in [0.2, 0.25) is 5.91 Å². The lowest BCUT2D eigenvalue weighted by Crippen LogP contribution is -2.33. The summed E-state index contributed by atoms with van der Waals surface area (Å²) in [5.74, 6) is -1.41. The van der Waals surface area contributed by atoms with Crippen molar-refractivity contribution < 1.29 is 18.3 Å². The normalized spacial score (nSPS) is 10.5. The van der Waals surface area contributed by atoms with E-state index in [-0.39, 0.29) is 18.7 Å². The molecule has 1 N–H and O–H groups in total. The van der Waals surface area contributed by atoms with Crippen molar-refractivity contribution in [2.75, 3.05) is 7.11 Å². The van der Waals surface area contributed by atoms with Crippen LogP contribution in [0.4, 0.5) is 8.78 Å². The summed E-state index contributed by atoms with van der Waals surface area (Å²) in [4.78, 5) is 24.2. The molecule has 3 aromatic rings. The number of carbonyl (C=O) groups is 1. The summed E-state index contributed by atoms with van der Waals surface area (Å²) in [5.41, 5.74) is 0.821. The summed E-state index contributed by atoms with van der Waals surface area (Å²) in [6.45, 7) is -0.476. The van der Waals surface area contributed by atoms with Crippen LogP contribution in [0, 0.1) is 11.6 Å². The maximum Gasteiger partial charge on any atom is 0.267 e. The third-order valence-electron chi connectivity index (χ3n) is 4.03. The number of methoxy groups -OCH3 is 1. The number of ether oxygens (including phenoxy) is 1. The molecule has 0 bridgehead atoms. The first-order valence-corrected chi connectivity index (χ1v) is 8.40. The number of nitrogens with one attached hydrogen (secondary N) is 1. The molecule has 28 heavy (non-hydrogen) atoms. The maximum absolute atomic E-state index is 13.6. The van der Waals surface area contributed by atoms with Crippen LogP contribution >= 0.6 is 0 Å². The zero-order chi connectivity index (χ0) is 20.1. The first kappa shape index (κ1) is 19.2. The molecular formula is C20H17F2N3O3. The summed E-state index contributed by atoms with van der Waals surface area (Å²) < 4.78 is 32.9. The molecule has 144 valence electrons. The van der Waals surface area contributed by atoms with Crippen molar-refractivity contribution in [2.45, 2.75) is 13.1 Å². The second-order valence-corrected chi connectivity index (χ2v) is 5.93. The van der Waals surface area contributed by atoms with Gasteiger partial charge in [-0.1, -0.05) is 18.2 Å². The third kappa shape index (κ3) is 4.40. The molecule has 1 aromatic heterocycles. The highest BCUT2D eigenvalue weighted by molar-refractivity contribution is 5.75. The van der Waals surface area contributed by atoms with Crippen molar-refractivity contribution in [3.8, 4) is 17.0 Å². The predicted molar refractivity (Wildman–Crippen MR) is 98.7 cm³/mol. The van der Waals surface area contributed by atoms with Crippen molar-refractivity contribution in [1.29, 1.82) is 0 Å². The maximum atomic E-state index is 13.6. The van der Waals surface area contributed by atoms with Crippen LogP contribution in [0.1, 0.15) is 5.56 Å². The molecule has 0 spiro atoms. The lowest BCUT2D eigenvalue weighted by atomic mass is 10.1. The van der Waals surface area contributed by atoms with Gasteiger partial charge in [-0.25, -0.2) is 13.5 Å². The first-order chi connectivity index (χ1) is 13.5. The van der Waals surface area contributed by atoms with Crippen molar-refractivity contribution in [2.24, 2.45) is 0 Å². The predicted octanol–water partition coefficient (Wildman–Crippen LogP) is 2.51. The second-order valence-electron chi connectivity index (χ2n) is 5.93. The summed E-state index contributed by atoms with van der Waals surface area (Å²) in [6.07, 6.45) is 0. The van der Waals surface area contributed by atoms with E-state index < -0.39 is 23.1 Å². The summed E-state index contributed by atoms with van der Waals surface area (Å²) in [7, 11) is 1.52. The quantitative estimate of drug-likeness (QED) is 0.708. The van der Waals surface area contributed by atoms with Crippen LogP contribution < -0.4 is 15.6 Å². The molecule has 3 rings (SSSR count). The molecule has 0 aliphatic heterocycles. The summed E-state index contributed by atoms with van der Waals surface area (Å²) >= 11 is 0. The van der Waals surface area contributed by atoms with Gasteiger partial charge in [-0.15, -0.1) is 0 Å². The number of aromatic nitrogens is 2. The van der Waals surface area contributed by atoms with E-state index in [1.807, 2.05) is 0 Å². The van der Waals surface area contributed by atoms with E-state index in [0.29, 0.717) is 17.0 Å². The minimum Gasteiger partial charge on any atom is -0.496 e. The smallest absolute Gasteiger partial charge is 0.267 e. The Balaban J connectivity index is 1.75. The van der Waals surface area contributed by atoms with Crippen molar-refractivity contribution in [1.82, 2.24) is 15.1 Å². The van der Waals surface area contributed by atoms with E-state index in [1.54, 1.807) is 30.3 Å². The van der Waals surface area contributed by atoms with Crippen molar-refractivity contribution >= 4 is 5.91 Å². The Morgan fingerprint density at radius 2 is 1.93 bits per heavy atom. The van der Waals surface area contributed by atoms with Crippen LogP contribution in [0.2, 0.25) is 0 Å². The van der Waals surface area contributed by atoms with E-state index in [9.17, 15) is 18.4 Å². The number of amides is 1. The fraction of sp³-hybridized carbons (Fsp3) is 0.150. The van der Waals surface area contributed by atoms with Gasteiger partial charge in [-0.05, 0) is 24.3 Å². The molecular weight excluding hydrogens is 368 g/mol. The molecule has 0 radical (unpaired) electrons. The molecule has 2 aromatic carbocycles. The first-order valence-electron chi connectivity index (χ1n) is 8.40. The van der Waals surface area contributed by atoms with E-state index in [1.165, 1.54) is 19.2 Å². The molecule has 0 unspecified atom stereocenters. The largest absolute Gasteiger partial charge is 0.496 e. The van der Waals surface area contributed by atoms with Crippen LogP contribution in [0.3, 0.4) is 0 Å². The van der Waals surface area contributed by atoms with E-state index >= 15 is 0 Å². The fourth-order valence-electron chi connectivity index (χ4n) is 2.61. The van der Waals surface area contributed by atoms with E-state index in [4.69, 9.17) is 4.74 Å². The monoisotopic (exact) mass is 385 g/mol. The topological polar surface area (TPSA) is 73.2 Å². The lowest BCUT2D eigenvalue weighted by Gasteiger charge is -2.10. The standard InChI is InChI=1S/C20H17F2N3O3/c1-28-18-5-3-2-4-15(18)17-8-9-20(27)25(24-17)12-19(26)23-11-13-6-7-14(21)10-16(13)22/h2-10H,11-12H2,1H3,(H,23,26). The average molecular weight is 385 g/mol. The van der Waals surface area contributed by atoms with Crippen LogP contribution in [0.5, 0.6) is 5.75 Å². The van der Waals surface area contributed by atoms with Gasteiger partial charge >= 0.3 is 0 Å². The van der Waals surface area contributed by atoms with Gasteiger partial charge in [0.05, 0.1) is 12.8 Å². The molecule has 0 saturated carbocycles.